The van der Waals surface area contributed by atoms with Gasteiger partial charge in [-0.05, 0) is 11.6 Å². The molecular weight excluding hydrogens is 292 g/mol. The van der Waals surface area contributed by atoms with E-state index in [-0.39, 0.29) is 5.92 Å². The summed E-state index contributed by atoms with van der Waals surface area (Å²) in [7, 11) is 0. The Balaban J connectivity index is 1.92. The maximum Gasteiger partial charge on any atom is 0.136 e. The molecule has 1 atom stereocenters. The third kappa shape index (κ3) is 2.67. The van der Waals surface area contributed by atoms with Gasteiger partial charge in [-0.3, -0.25) is 0 Å². The lowest BCUT2D eigenvalue weighted by Gasteiger charge is -2.14. The fraction of sp³-hybridized carbons (Fsp3) is 0.0909. The summed E-state index contributed by atoms with van der Waals surface area (Å²) in [5.41, 5.74) is 4.34. The van der Waals surface area contributed by atoms with Crippen LogP contribution in [-0.2, 0) is 0 Å². The number of aromatic nitrogens is 2. The van der Waals surface area contributed by atoms with E-state index < -0.39 is 0 Å². The summed E-state index contributed by atoms with van der Waals surface area (Å²) in [6, 6.07) is 29.0. The van der Waals surface area contributed by atoms with Crippen molar-refractivity contribution in [2.75, 3.05) is 0 Å². The summed E-state index contributed by atoms with van der Waals surface area (Å²) >= 11 is 0. The van der Waals surface area contributed by atoms with E-state index >= 15 is 0 Å². The summed E-state index contributed by atoms with van der Waals surface area (Å²) < 4.78 is 0. The van der Waals surface area contributed by atoms with Crippen molar-refractivity contribution in [2.24, 2.45) is 0 Å². The van der Waals surface area contributed by atoms with E-state index in [0.717, 1.165) is 28.0 Å². The third-order valence-electron chi connectivity index (χ3n) is 4.35. The molecule has 0 spiro atoms. The SMILES string of the molecule is CC(c1ccccc1)c1nc(-c2ccccc2)c2ccccc2n1. The molecular formula is C22H18N2. The molecule has 24 heavy (non-hydrogen) atoms. The van der Waals surface area contributed by atoms with Crippen LogP contribution in [0.1, 0.15) is 24.2 Å². The summed E-state index contributed by atoms with van der Waals surface area (Å²) in [5, 5.41) is 1.09. The third-order valence-corrected chi connectivity index (χ3v) is 4.35. The van der Waals surface area contributed by atoms with Crippen LogP contribution in [0.2, 0.25) is 0 Å². The highest BCUT2D eigenvalue weighted by atomic mass is 14.9. The lowest BCUT2D eigenvalue weighted by Crippen LogP contribution is -2.04. The average molecular weight is 310 g/mol. The standard InChI is InChI=1S/C22H18N2/c1-16(17-10-4-2-5-11-17)22-23-20-15-9-8-14-19(20)21(24-22)18-12-6-3-7-13-18/h2-16H,1H3. The number of nitrogens with zero attached hydrogens (tertiary/aromatic N) is 2. The molecule has 1 unspecified atom stereocenters. The van der Waals surface area contributed by atoms with Crippen LogP contribution >= 0.6 is 0 Å². The zero-order valence-corrected chi connectivity index (χ0v) is 13.6. The second-order valence-corrected chi connectivity index (χ2v) is 5.95. The van der Waals surface area contributed by atoms with Crippen molar-refractivity contribution in [2.45, 2.75) is 12.8 Å². The van der Waals surface area contributed by atoms with Gasteiger partial charge in [-0.1, -0.05) is 85.8 Å². The molecule has 3 aromatic carbocycles. The lowest BCUT2D eigenvalue weighted by molar-refractivity contribution is 0.828. The van der Waals surface area contributed by atoms with Gasteiger partial charge in [0.05, 0.1) is 11.2 Å². The van der Waals surface area contributed by atoms with Crippen LogP contribution in [0.15, 0.2) is 84.9 Å². The number of benzene rings is 3. The van der Waals surface area contributed by atoms with Crippen molar-refractivity contribution in [1.29, 1.82) is 0 Å². The van der Waals surface area contributed by atoms with Crippen LogP contribution in [-0.4, -0.2) is 9.97 Å². The quantitative estimate of drug-likeness (QED) is 0.503. The molecule has 0 aliphatic carbocycles. The molecule has 4 rings (SSSR count). The van der Waals surface area contributed by atoms with Gasteiger partial charge in [-0.15, -0.1) is 0 Å². The van der Waals surface area contributed by atoms with Gasteiger partial charge in [0, 0.05) is 16.9 Å². The molecule has 0 radical (unpaired) electrons. The normalized spacial score (nSPS) is 12.2. The van der Waals surface area contributed by atoms with Gasteiger partial charge in [-0.25, -0.2) is 9.97 Å². The van der Waals surface area contributed by atoms with Gasteiger partial charge in [0.15, 0.2) is 0 Å². The van der Waals surface area contributed by atoms with Crippen LogP contribution < -0.4 is 0 Å². The Morgan fingerprint density at radius 3 is 2.04 bits per heavy atom. The Morgan fingerprint density at radius 2 is 1.29 bits per heavy atom. The average Bonchev–Trinajstić information content (AvgIpc) is 2.68. The maximum absolute atomic E-state index is 4.94. The largest absolute Gasteiger partial charge is 0.232 e. The molecule has 1 heterocycles. The minimum atomic E-state index is 0.151. The molecule has 1 aromatic heterocycles. The molecule has 0 saturated carbocycles. The number of hydrogen-bond acceptors (Lipinski definition) is 2. The van der Waals surface area contributed by atoms with Crippen molar-refractivity contribution >= 4 is 10.9 Å². The lowest BCUT2D eigenvalue weighted by atomic mass is 9.99. The van der Waals surface area contributed by atoms with E-state index in [4.69, 9.17) is 9.97 Å². The van der Waals surface area contributed by atoms with E-state index in [0.29, 0.717) is 0 Å². The molecule has 0 aliphatic heterocycles. The molecule has 0 aliphatic rings. The van der Waals surface area contributed by atoms with Crippen LogP contribution in [0.25, 0.3) is 22.2 Å². The van der Waals surface area contributed by atoms with Gasteiger partial charge >= 0.3 is 0 Å². The molecule has 0 bridgehead atoms. The highest BCUT2D eigenvalue weighted by Gasteiger charge is 2.15. The number of fused-ring (bicyclic) bond motifs is 1. The molecule has 0 saturated heterocycles. The molecule has 116 valence electrons. The summed E-state index contributed by atoms with van der Waals surface area (Å²) in [6.45, 7) is 2.16. The number of hydrogen-bond donors (Lipinski definition) is 0. The van der Waals surface area contributed by atoms with E-state index in [1.807, 2.05) is 36.4 Å². The smallest absolute Gasteiger partial charge is 0.136 e. The summed E-state index contributed by atoms with van der Waals surface area (Å²) in [5.74, 6) is 1.01. The minimum Gasteiger partial charge on any atom is -0.232 e. The van der Waals surface area contributed by atoms with Crippen molar-refractivity contribution in [3.8, 4) is 11.3 Å². The first-order valence-corrected chi connectivity index (χ1v) is 8.20. The highest BCUT2D eigenvalue weighted by Crippen LogP contribution is 2.29. The molecule has 2 nitrogen and oxygen atoms in total. The maximum atomic E-state index is 4.94. The molecule has 0 N–H and O–H groups in total. The van der Waals surface area contributed by atoms with Crippen LogP contribution in [0, 0.1) is 0 Å². The van der Waals surface area contributed by atoms with Gasteiger partial charge in [0.25, 0.3) is 0 Å². The fourth-order valence-electron chi connectivity index (χ4n) is 3.00. The predicted octanol–water partition coefficient (Wildman–Crippen LogP) is 5.45. The Morgan fingerprint density at radius 1 is 0.667 bits per heavy atom. The molecule has 0 amide bonds. The predicted molar refractivity (Wildman–Crippen MR) is 98.9 cm³/mol. The first-order valence-electron chi connectivity index (χ1n) is 8.20. The van der Waals surface area contributed by atoms with Crippen molar-refractivity contribution in [3.63, 3.8) is 0 Å². The monoisotopic (exact) mass is 310 g/mol. The minimum absolute atomic E-state index is 0.151. The van der Waals surface area contributed by atoms with Crippen molar-refractivity contribution in [3.05, 3.63) is 96.3 Å². The van der Waals surface area contributed by atoms with Gasteiger partial charge < -0.3 is 0 Å². The van der Waals surface area contributed by atoms with E-state index in [9.17, 15) is 0 Å². The number of rotatable bonds is 3. The first kappa shape index (κ1) is 14.6. The Labute approximate surface area is 141 Å². The molecule has 0 fully saturated rings. The zero-order chi connectivity index (χ0) is 16.4. The zero-order valence-electron chi connectivity index (χ0n) is 13.6. The highest BCUT2D eigenvalue weighted by molar-refractivity contribution is 5.92. The molecule has 2 heteroatoms. The van der Waals surface area contributed by atoms with Crippen LogP contribution in [0.3, 0.4) is 0 Å². The summed E-state index contributed by atoms with van der Waals surface area (Å²) in [6.07, 6.45) is 0. The van der Waals surface area contributed by atoms with E-state index in [2.05, 4.69) is 55.5 Å². The Hall–Kier alpha value is -3.00. The van der Waals surface area contributed by atoms with Gasteiger partial charge in [0.1, 0.15) is 5.82 Å². The Bertz CT molecular complexity index is 963. The fourth-order valence-corrected chi connectivity index (χ4v) is 3.00. The van der Waals surface area contributed by atoms with Crippen molar-refractivity contribution in [1.82, 2.24) is 9.97 Å². The van der Waals surface area contributed by atoms with Gasteiger partial charge in [-0.2, -0.15) is 0 Å². The van der Waals surface area contributed by atoms with Crippen LogP contribution in [0.4, 0.5) is 0 Å². The van der Waals surface area contributed by atoms with Crippen molar-refractivity contribution < 1.29 is 0 Å². The second kappa shape index (κ2) is 6.25. The van der Waals surface area contributed by atoms with E-state index in [1.54, 1.807) is 0 Å². The topological polar surface area (TPSA) is 25.8 Å². The second-order valence-electron chi connectivity index (χ2n) is 5.95. The number of para-hydroxylation sites is 1. The summed E-state index contributed by atoms with van der Waals surface area (Å²) in [4.78, 5) is 9.76. The van der Waals surface area contributed by atoms with Crippen LogP contribution in [0.5, 0.6) is 0 Å². The van der Waals surface area contributed by atoms with E-state index in [1.165, 1.54) is 5.56 Å². The Kier molecular flexibility index (Phi) is 3.80. The molecule has 4 aromatic rings. The first-order chi connectivity index (χ1) is 11.8. The van der Waals surface area contributed by atoms with Gasteiger partial charge in [0.2, 0.25) is 0 Å².